The molecule has 4 nitrogen and oxygen atoms in total. The van der Waals surface area contributed by atoms with Crippen molar-refractivity contribution in [3.8, 4) is 0 Å². The van der Waals surface area contributed by atoms with Crippen LogP contribution in [-0.2, 0) is 4.79 Å². The molecular weight excluding hydrogens is 578 g/mol. The molecule has 0 fully saturated rings. The number of carbonyl (C=O) groups is 1. The summed E-state index contributed by atoms with van der Waals surface area (Å²) in [5.41, 5.74) is 0. The van der Waals surface area contributed by atoms with E-state index in [1.54, 1.807) is 6.08 Å². The zero-order valence-electron chi connectivity index (χ0n) is 30.8. The quantitative estimate of drug-likeness (QED) is 0.0478. The first kappa shape index (κ1) is 44.8. The summed E-state index contributed by atoms with van der Waals surface area (Å²) in [5, 5.41) is 22.9. The fourth-order valence-corrected chi connectivity index (χ4v) is 5.42. The van der Waals surface area contributed by atoms with E-state index in [0.29, 0.717) is 6.42 Å². The molecule has 4 heteroatoms. The number of amides is 1. The fraction of sp³-hybridized carbons (Fsp3) is 0.698. The third-order valence-corrected chi connectivity index (χ3v) is 8.42. The van der Waals surface area contributed by atoms with Crippen molar-refractivity contribution in [3.63, 3.8) is 0 Å². The van der Waals surface area contributed by atoms with Gasteiger partial charge in [-0.1, -0.05) is 170 Å². The van der Waals surface area contributed by atoms with Crippen LogP contribution in [0.25, 0.3) is 0 Å². The van der Waals surface area contributed by atoms with Gasteiger partial charge in [0.05, 0.1) is 18.8 Å². The predicted molar refractivity (Wildman–Crippen MR) is 207 cm³/mol. The van der Waals surface area contributed by atoms with Gasteiger partial charge in [-0.25, -0.2) is 0 Å². The van der Waals surface area contributed by atoms with Gasteiger partial charge in [-0.3, -0.25) is 4.79 Å². The van der Waals surface area contributed by atoms with Crippen molar-refractivity contribution in [3.05, 3.63) is 72.9 Å². The van der Waals surface area contributed by atoms with Crippen LogP contribution in [0.5, 0.6) is 0 Å². The molecule has 3 N–H and O–H groups in total. The Hall–Kier alpha value is -2.17. The van der Waals surface area contributed by atoms with Gasteiger partial charge in [0.1, 0.15) is 0 Å². The highest BCUT2D eigenvalue weighted by molar-refractivity contribution is 5.76. The fourth-order valence-electron chi connectivity index (χ4n) is 5.42. The maximum absolute atomic E-state index is 12.3. The Balaban J connectivity index is 3.73. The number of unbranched alkanes of at least 4 members (excludes halogenated alkanes) is 17. The molecule has 0 rings (SSSR count). The third-order valence-electron chi connectivity index (χ3n) is 8.42. The lowest BCUT2D eigenvalue weighted by atomic mass is 10.0. The van der Waals surface area contributed by atoms with Gasteiger partial charge in [0.2, 0.25) is 5.91 Å². The number of allylic oxidation sites excluding steroid dienone is 11. The molecule has 47 heavy (non-hydrogen) atoms. The molecule has 0 aliphatic rings. The Labute approximate surface area is 291 Å². The molecule has 0 bridgehead atoms. The van der Waals surface area contributed by atoms with Crippen molar-refractivity contribution < 1.29 is 15.0 Å². The van der Waals surface area contributed by atoms with Gasteiger partial charge in [0, 0.05) is 6.42 Å². The highest BCUT2D eigenvalue weighted by Crippen LogP contribution is 2.13. The molecule has 0 heterocycles. The Bertz CT molecular complexity index is 838. The monoisotopic (exact) mass is 654 g/mol. The second kappa shape index (κ2) is 38.3. The largest absolute Gasteiger partial charge is 0.394 e. The molecule has 0 spiro atoms. The van der Waals surface area contributed by atoms with Gasteiger partial charge >= 0.3 is 0 Å². The van der Waals surface area contributed by atoms with Crippen LogP contribution >= 0.6 is 0 Å². The molecule has 2 unspecified atom stereocenters. The zero-order chi connectivity index (χ0) is 34.3. The number of nitrogens with one attached hydrogen (secondary N) is 1. The molecule has 0 saturated carbocycles. The first-order chi connectivity index (χ1) is 23.2. The summed E-state index contributed by atoms with van der Waals surface area (Å²) in [6.07, 6.45) is 54.3. The summed E-state index contributed by atoms with van der Waals surface area (Å²) in [5.74, 6) is -0.118. The first-order valence-corrected chi connectivity index (χ1v) is 19.7. The normalized spacial score (nSPS) is 13.9. The van der Waals surface area contributed by atoms with Crippen LogP contribution in [0.15, 0.2) is 72.9 Å². The number of carbonyl (C=O) groups excluding carboxylic acids is 1. The smallest absolute Gasteiger partial charge is 0.220 e. The van der Waals surface area contributed by atoms with Crippen LogP contribution < -0.4 is 5.32 Å². The zero-order valence-corrected chi connectivity index (χ0v) is 30.8. The van der Waals surface area contributed by atoms with Crippen LogP contribution in [-0.4, -0.2) is 34.9 Å². The Kier molecular flexibility index (Phi) is 36.5. The van der Waals surface area contributed by atoms with Crippen molar-refractivity contribution in [2.24, 2.45) is 0 Å². The summed E-state index contributed by atoms with van der Waals surface area (Å²) in [6, 6.07) is -0.663. The van der Waals surface area contributed by atoms with Crippen molar-refractivity contribution in [1.29, 1.82) is 0 Å². The van der Waals surface area contributed by atoms with Gasteiger partial charge < -0.3 is 15.5 Å². The molecule has 1 amide bonds. The summed E-state index contributed by atoms with van der Waals surface area (Å²) in [4.78, 5) is 12.3. The van der Waals surface area contributed by atoms with Crippen LogP contribution in [0, 0.1) is 0 Å². The first-order valence-electron chi connectivity index (χ1n) is 19.7. The van der Waals surface area contributed by atoms with Gasteiger partial charge in [-0.15, -0.1) is 0 Å². The van der Waals surface area contributed by atoms with Gasteiger partial charge in [-0.05, 0) is 70.6 Å². The number of aliphatic hydroxyl groups excluding tert-OH is 2. The summed E-state index contributed by atoms with van der Waals surface area (Å²) in [7, 11) is 0. The predicted octanol–water partition coefficient (Wildman–Crippen LogP) is 12.0. The lowest BCUT2D eigenvalue weighted by Crippen LogP contribution is -2.45. The Morgan fingerprint density at radius 2 is 0.957 bits per heavy atom. The highest BCUT2D eigenvalue weighted by atomic mass is 16.3. The number of aliphatic hydroxyl groups is 2. The Morgan fingerprint density at radius 1 is 0.532 bits per heavy atom. The number of rotatable bonds is 34. The van der Waals surface area contributed by atoms with E-state index in [-0.39, 0.29) is 12.5 Å². The van der Waals surface area contributed by atoms with Crippen LogP contribution in [0.3, 0.4) is 0 Å². The second-order valence-electron chi connectivity index (χ2n) is 13.0. The summed E-state index contributed by atoms with van der Waals surface area (Å²) in [6.45, 7) is 4.15. The molecule has 0 aliphatic carbocycles. The molecular formula is C43H75NO3. The molecule has 0 aliphatic heterocycles. The van der Waals surface area contributed by atoms with Gasteiger partial charge in [-0.2, -0.15) is 0 Å². The van der Waals surface area contributed by atoms with Crippen molar-refractivity contribution in [2.45, 2.75) is 187 Å². The van der Waals surface area contributed by atoms with E-state index in [9.17, 15) is 15.0 Å². The summed E-state index contributed by atoms with van der Waals surface area (Å²) >= 11 is 0. The molecule has 270 valence electrons. The SMILES string of the molecule is CC/C=C\C/C=C\C/C=C\C/C=C\CCCCC(=O)NC(CO)C(O)/C=C/CC/C=C/CCCCCCCCCCCCCCCC. The maximum Gasteiger partial charge on any atom is 0.220 e. The van der Waals surface area contributed by atoms with E-state index in [4.69, 9.17) is 0 Å². The van der Waals surface area contributed by atoms with Crippen molar-refractivity contribution >= 4 is 5.91 Å². The Morgan fingerprint density at radius 3 is 1.49 bits per heavy atom. The van der Waals surface area contributed by atoms with Gasteiger partial charge in [0.15, 0.2) is 0 Å². The van der Waals surface area contributed by atoms with E-state index >= 15 is 0 Å². The van der Waals surface area contributed by atoms with Crippen LogP contribution in [0.1, 0.15) is 174 Å². The molecule has 0 radical (unpaired) electrons. The van der Waals surface area contributed by atoms with Crippen LogP contribution in [0.2, 0.25) is 0 Å². The minimum Gasteiger partial charge on any atom is -0.394 e. The van der Waals surface area contributed by atoms with E-state index < -0.39 is 12.1 Å². The van der Waals surface area contributed by atoms with E-state index in [1.807, 2.05) is 6.08 Å². The topological polar surface area (TPSA) is 69.6 Å². The lowest BCUT2D eigenvalue weighted by Gasteiger charge is -2.19. The second-order valence-corrected chi connectivity index (χ2v) is 13.0. The molecule has 2 atom stereocenters. The molecule has 0 aromatic heterocycles. The molecule has 0 aromatic carbocycles. The third kappa shape index (κ3) is 35.0. The minimum atomic E-state index is -0.882. The minimum absolute atomic E-state index is 0.118. The summed E-state index contributed by atoms with van der Waals surface area (Å²) < 4.78 is 0. The average Bonchev–Trinajstić information content (AvgIpc) is 3.07. The van der Waals surface area contributed by atoms with Crippen LogP contribution in [0.4, 0.5) is 0 Å². The van der Waals surface area contributed by atoms with E-state index in [0.717, 1.165) is 64.2 Å². The van der Waals surface area contributed by atoms with Gasteiger partial charge in [0.25, 0.3) is 0 Å². The molecule has 0 saturated heterocycles. The standard InChI is InChI=1S/C43H75NO3/c1-3-5-7-9-11-13-15-17-19-20-21-22-23-25-26-28-30-32-34-36-38-42(46)41(40-45)44-43(47)39-37-35-33-31-29-27-24-18-16-14-12-10-8-6-4-2/h6,8,12,14,18,24,28-31,36,38,41-42,45-46H,3-5,7,9-11,13,15-17,19-23,25-27,32-35,37,39-40H2,1-2H3,(H,44,47)/b8-6-,14-12-,24-18-,30-28+,31-29-,38-36+. The number of hydrogen-bond donors (Lipinski definition) is 3. The lowest BCUT2D eigenvalue weighted by molar-refractivity contribution is -0.123. The maximum atomic E-state index is 12.3. The highest BCUT2D eigenvalue weighted by Gasteiger charge is 2.17. The van der Waals surface area contributed by atoms with Crippen molar-refractivity contribution in [2.75, 3.05) is 6.61 Å². The number of hydrogen-bond acceptors (Lipinski definition) is 3. The van der Waals surface area contributed by atoms with E-state index in [2.05, 4.69) is 79.9 Å². The molecule has 0 aromatic rings. The average molecular weight is 654 g/mol. The van der Waals surface area contributed by atoms with Crippen molar-refractivity contribution in [1.82, 2.24) is 5.32 Å². The van der Waals surface area contributed by atoms with E-state index in [1.165, 1.54) is 89.9 Å².